The number of halogens is 2. The molecule has 2 aliphatic rings. The highest BCUT2D eigenvalue weighted by atomic mass is 35.5. The van der Waals surface area contributed by atoms with Gasteiger partial charge in [-0.1, -0.05) is 31.5 Å². The zero-order chi connectivity index (χ0) is 27.3. The van der Waals surface area contributed by atoms with Crippen molar-refractivity contribution in [2.75, 3.05) is 16.3 Å². The second-order valence-electron chi connectivity index (χ2n) is 9.29. The zero-order valence-electron chi connectivity index (χ0n) is 20.0. The third-order valence-electron chi connectivity index (χ3n) is 6.09. The molecule has 1 amide bonds. The fourth-order valence-electron chi connectivity index (χ4n) is 4.38. The van der Waals surface area contributed by atoms with Gasteiger partial charge in [-0.15, -0.1) is 4.40 Å². The average Bonchev–Trinajstić information content (AvgIpc) is 2.77. The third-order valence-corrected chi connectivity index (χ3v) is 8.31. The number of piperidine rings is 1. The van der Waals surface area contributed by atoms with Crippen molar-refractivity contribution in [1.29, 1.82) is 0 Å². The highest BCUT2D eigenvalue weighted by Gasteiger charge is 2.46. The number of likely N-dealkylation sites (tertiary alicyclic amines) is 1. The summed E-state index contributed by atoms with van der Waals surface area (Å²) in [4.78, 5) is 27.9. The Morgan fingerprint density at radius 3 is 2.54 bits per heavy atom. The number of ketones is 1. The van der Waals surface area contributed by atoms with E-state index in [9.17, 15) is 30.8 Å². The van der Waals surface area contributed by atoms with Crippen LogP contribution in [0.25, 0.3) is 0 Å². The highest BCUT2D eigenvalue weighted by molar-refractivity contribution is 7.92. The Balaban J connectivity index is 1.69. The molecule has 2 heterocycles. The number of nitrogens with one attached hydrogen (secondary N) is 2. The fourth-order valence-corrected chi connectivity index (χ4v) is 6.32. The normalized spacial score (nSPS) is 21.4. The van der Waals surface area contributed by atoms with Gasteiger partial charge in [0.25, 0.3) is 10.0 Å². The summed E-state index contributed by atoms with van der Waals surface area (Å²) in [5.74, 6) is -3.68. The molecule has 2 N–H and O–H groups in total. The first kappa shape index (κ1) is 27.0. The van der Waals surface area contributed by atoms with Crippen LogP contribution in [0, 0.1) is 17.7 Å². The maximum Gasteiger partial charge on any atom is 0.286 e. The van der Waals surface area contributed by atoms with Crippen molar-refractivity contribution >= 4 is 60.5 Å². The van der Waals surface area contributed by atoms with Crippen molar-refractivity contribution in [1.82, 2.24) is 4.90 Å². The van der Waals surface area contributed by atoms with Crippen LogP contribution in [-0.4, -0.2) is 51.6 Å². The minimum atomic E-state index is -4.37. The minimum Gasteiger partial charge on any atom is -0.341 e. The first-order chi connectivity index (χ1) is 17.2. The fraction of sp³-hybridized carbons (Fsp3) is 0.348. The Morgan fingerprint density at radius 2 is 1.92 bits per heavy atom. The number of nitrogens with zero attached hydrogens (tertiary/aromatic N) is 2. The maximum atomic E-state index is 13.6. The van der Waals surface area contributed by atoms with Crippen LogP contribution in [0.15, 0.2) is 45.7 Å². The summed E-state index contributed by atoms with van der Waals surface area (Å²) in [5.41, 5.74) is 0.604. The molecule has 0 spiro atoms. The van der Waals surface area contributed by atoms with Gasteiger partial charge in [-0.2, -0.15) is 8.42 Å². The first-order valence-corrected chi connectivity index (χ1v) is 14.9. The second kappa shape index (κ2) is 9.69. The Kier molecular flexibility index (Phi) is 7.08. The molecule has 2 aromatic rings. The molecule has 0 aromatic heterocycles. The van der Waals surface area contributed by atoms with E-state index in [1.807, 2.05) is 13.8 Å². The molecule has 1 saturated heterocycles. The van der Waals surface area contributed by atoms with Crippen LogP contribution in [0.1, 0.15) is 25.8 Å². The van der Waals surface area contributed by atoms with Crippen molar-refractivity contribution in [3.05, 3.63) is 52.8 Å². The van der Waals surface area contributed by atoms with Gasteiger partial charge < -0.3 is 10.2 Å². The summed E-state index contributed by atoms with van der Waals surface area (Å²) in [6, 6.07) is 7.35. The molecule has 2 atom stereocenters. The number of hydrogen-bond acceptors (Lipinski definition) is 7. The van der Waals surface area contributed by atoms with Gasteiger partial charge in [0.1, 0.15) is 16.5 Å². The lowest BCUT2D eigenvalue weighted by Gasteiger charge is -2.41. The average molecular weight is 571 g/mol. The first-order valence-electron chi connectivity index (χ1n) is 11.2. The van der Waals surface area contributed by atoms with Crippen LogP contribution >= 0.6 is 11.6 Å². The summed E-state index contributed by atoms with van der Waals surface area (Å²) in [6.07, 6.45) is 0.889. The highest BCUT2D eigenvalue weighted by Crippen LogP contribution is 2.35. The van der Waals surface area contributed by atoms with Crippen LogP contribution in [0.4, 0.5) is 15.8 Å². The van der Waals surface area contributed by atoms with Crippen LogP contribution in [0.5, 0.6) is 0 Å². The van der Waals surface area contributed by atoms with Crippen LogP contribution in [0.3, 0.4) is 0 Å². The number of hydrogen-bond donors (Lipinski definition) is 2. The van der Waals surface area contributed by atoms with Crippen molar-refractivity contribution in [3.63, 3.8) is 0 Å². The van der Waals surface area contributed by atoms with Gasteiger partial charge in [-0.05, 0) is 41.8 Å². The second-order valence-corrected chi connectivity index (χ2v) is 13.0. The maximum absolute atomic E-state index is 13.6. The quantitative estimate of drug-likeness (QED) is 0.508. The largest absolute Gasteiger partial charge is 0.341 e. The lowest BCUT2D eigenvalue weighted by molar-refractivity contribution is -0.148. The number of fused-ring (bicyclic) bond motifs is 1. The van der Waals surface area contributed by atoms with Gasteiger partial charge >= 0.3 is 0 Å². The summed E-state index contributed by atoms with van der Waals surface area (Å²) >= 11 is 5.90. The van der Waals surface area contributed by atoms with E-state index < -0.39 is 49.5 Å². The molecule has 198 valence electrons. The molecule has 10 nitrogen and oxygen atoms in total. The summed E-state index contributed by atoms with van der Waals surface area (Å²) in [7, 11) is -8.03. The predicted octanol–water partition coefficient (Wildman–Crippen LogP) is 3.01. The predicted molar refractivity (Wildman–Crippen MR) is 137 cm³/mol. The van der Waals surface area contributed by atoms with E-state index in [1.165, 1.54) is 35.2 Å². The Labute approximate surface area is 219 Å². The number of carbonyl (C=O) groups excluding carboxylic acids is 2. The van der Waals surface area contributed by atoms with Crippen LogP contribution in [-0.2, 0) is 36.2 Å². The number of Topliss-reactive ketones (excluding diaryl/α,β-unsaturated/α-hetero) is 1. The number of benzene rings is 2. The number of amides is 1. The SMILES string of the molecule is CC(C)[C@H]1CC(=O)C(C2=NS(=O)(=O)c3cc(NS(C)(=O)=O)ccc3N2)C(=O)N1Cc1ccc(F)c(Cl)c1. The van der Waals surface area contributed by atoms with Gasteiger partial charge in [-0.3, -0.25) is 14.3 Å². The van der Waals surface area contributed by atoms with Crippen molar-refractivity contribution in [2.45, 2.75) is 37.8 Å². The molecule has 37 heavy (non-hydrogen) atoms. The summed E-state index contributed by atoms with van der Waals surface area (Å²) < 4.78 is 68.6. The molecule has 14 heteroatoms. The summed E-state index contributed by atoms with van der Waals surface area (Å²) in [5, 5.41) is 2.66. The molecular weight excluding hydrogens is 547 g/mol. The van der Waals surface area contributed by atoms with E-state index in [1.54, 1.807) is 0 Å². The number of anilines is 2. The Hall–Kier alpha value is -3.03. The van der Waals surface area contributed by atoms with E-state index in [0.717, 1.165) is 12.3 Å². The molecule has 0 radical (unpaired) electrons. The smallest absolute Gasteiger partial charge is 0.286 e. The number of rotatable bonds is 6. The van der Waals surface area contributed by atoms with E-state index in [4.69, 9.17) is 11.6 Å². The monoisotopic (exact) mass is 570 g/mol. The van der Waals surface area contributed by atoms with Gasteiger partial charge in [0.05, 0.1) is 17.0 Å². The van der Waals surface area contributed by atoms with Gasteiger partial charge in [0, 0.05) is 24.7 Å². The van der Waals surface area contributed by atoms with Gasteiger partial charge in [-0.25, -0.2) is 12.8 Å². The molecule has 2 aliphatic heterocycles. The number of amidine groups is 1. The lowest BCUT2D eigenvalue weighted by Crippen LogP contribution is -2.56. The van der Waals surface area contributed by atoms with E-state index >= 15 is 0 Å². The van der Waals surface area contributed by atoms with Gasteiger partial charge in [0.15, 0.2) is 11.7 Å². The Bertz CT molecular complexity index is 1540. The van der Waals surface area contributed by atoms with Crippen LogP contribution < -0.4 is 10.0 Å². The molecule has 0 bridgehead atoms. The molecule has 4 rings (SSSR count). The van der Waals surface area contributed by atoms with Crippen LogP contribution in [0.2, 0.25) is 5.02 Å². The number of carbonyl (C=O) groups is 2. The zero-order valence-corrected chi connectivity index (χ0v) is 22.4. The minimum absolute atomic E-state index is 0.0130. The topological polar surface area (TPSA) is 142 Å². The lowest BCUT2D eigenvalue weighted by atomic mass is 9.84. The van der Waals surface area contributed by atoms with E-state index in [-0.39, 0.29) is 46.0 Å². The Morgan fingerprint density at radius 1 is 1.22 bits per heavy atom. The molecule has 0 aliphatic carbocycles. The van der Waals surface area contributed by atoms with Crippen molar-refractivity contribution in [2.24, 2.45) is 16.2 Å². The van der Waals surface area contributed by atoms with Crippen molar-refractivity contribution < 1.29 is 30.8 Å². The molecular formula is C23H24ClFN4O6S2. The molecule has 1 unspecified atom stereocenters. The van der Waals surface area contributed by atoms with Gasteiger partial charge in [0.2, 0.25) is 15.9 Å². The van der Waals surface area contributed by atoms with E-state index in [2.05, 4.69) is 14.4 Å². The molecule has 0 saturated carbocycles. The van der Waals surface area contributed by atoms with E-state index in [0.29, 0.717) is 5.56 Å². The molecule has 1 fully saturated rings. The standard InChI is InChI=1S/C23H24ClFN4O6S2/c1-12(2)18-10-19(30)21(23(31)29(18)11-13-4-6-16(25)15(24)8-13)22-26-17-7-5-14(27-36(3,32)33)9-20(17)37(34,35)28-22/h4-9,12,18,21,27H,10-11H2,1-3H3,(H,26,28)/t18-,21?/m1/s1. The summed E-state index contributed by atoms with van der Waals surface area (Å²) in [6.45, 7) is 3.74. The third kappa shape index (κ3) is 5.63. The number of sulfonamides is 2. The van der Waals surface area contributed by atoms with Crippen molar-refractivity contribution in [3.8, 4) is 0 Å². The molecule has 2 aromatic carbocycles.